The van der Waals surface area contributed by atoms with E-state index in [9.17, 15) is 5.11 Å². The van der Waals surface area contributed by atoms with Gasteiger partial charge < -0.3 is 16.2 Å². The molecule has 0 heterocycles. The van der Waals surface area contributed by atoms with E-state index in [1.807, 2.05) is 12.1 Å². The molecule has 0 saturated heterocycles. The van der Waals surface area contributed by atoms with Crippen molar-refractivity contribution in [3.63, 3.8) is 0 Å². The van der Waals surface area contributed by atoms with Crippen molar-refractivity contribution in [3.8, 4) is 0 Å². The van der Waals surface area contributed by atoms with Crippen LogP contribution in [0.2, 0.25) is 0 Å². The molecule has 0 aromatic heterocycles. The summed E-state index contributed by atoms with van der Waals surface area (Å²) in [4.78, 5) is 0. The fourth-order valence-electron chi connectivity index (χ4n) is 2.17. The lowest BCUT2D eigenvalue weighted by Gasteiger charge is -2.26. The third kappa shape index (κ3) is 3.70. The maximum atomic E-state index is 9.49. The van der Waals surface area contributed by atoms with Crippen LogP contribution in [0.5, 0.6) is 0 Å². The van der Waals surface area contributed by atoms with Gasteiger partial charge in [-0.3, -0.25) is 0 Å². The van der Waals surface area contributed by atoms with E-state index in [4.69, 9.17) is 7.10 Å². The number of rotatable bonds is 3. The summed E-state index contributed by atoms with van der Waals surface area (Å²) >= 11 is 6.82. The van der Waals surface area contributed by atoms with E-state index in [1.165, 1.54) is 0 Å². The molecule has 0 bridgehead atoms. The van der Waals surface area contributed by atoms with Crippen LogP contribution in [-0.4, -0.2) is 17.3 Å². The van der Waals surface area contributed by atoms with E-state index in [0.717, 1.165) is 40.2 Å². The highest BCUT2D eigenvalue weighted by atomic mass is 79.9. The third-order valence-corrected chi connectivity index (χ3v) is 4.41. The molecule has 1 aliphatic rings. The van der Waals surface area contributed by atoms with Crippen LogP contribution in [0.15, 0.2) is 21.1 Å². The number of nitrogen functional groups attached to an aromatic ring is 1. The normalized spacial score (nSPS) is 26.7. The molecule has 1 saturated carbocycles. The zero-order valence-corrected chi connectivity index (χ0v) is 13.2. The van der Waals surface area contributed by atoms with E-state index < -0.39 is 6.52 Å². The lowest BCUT2D eigenvalue weighted by atomic mass is 9.93. The van der Waals surface area contributed by atoms with Gasteiger partial charge in [-0.15, -0.1) is 0 Å². The molecule has 4 N–H and O–H groups in total. The third-order valence-electron chi connectivity index (χ3n) is 3.30. The van der Waals surface area contributed by atoms with Crippen molar-refractivity contribution in [2.45, 2.75) is 44.3 Å². The molecule has 5 heteroatoms. The standard InChI is InChI=1S/C13H18Br2N2O/c14-9-5-8(13(16)12(15)6-9)7-17-10-1-3-11(18)4-2-10/h5-6,10-11,17-18H,1-4,7,16H2/i7D. The summed E-state index contributed by atoms with van der Waals surface area (Å²) in [6.07, 6.45) is 3.26. The number of hydrogen-bond donors (Lipinski definition) is 3. The van der Waals surface area contributed by atoms with Gasteiger partial charge in [0, 0.05) is 22.9 Å². The van der Waals surface area contributed by atoms with Crippen LogP contribution in [0.25, 0.3) is 0 Å². The van der Waals surface area contributed by atoms with Gasteiger partial charge in [-0.25, -0.2) is 0 Å². The number of nitrogens with two attached hydrogens (primary N) is 1. The molecular weight excluding hydrogens is 360 g/mol. The fourth-order valence-corrected chi connectivity index (χ4v) is 3.43. The van der Waals surface area contributed by atoms with Crippen LogP contribution in [0, 0.1) is 0 Å². The van der Waals surface area contributed by atoms with Crippen molar-refractivity contribution in [2.24, 2.45) is 0 Å². The van der Waals surface area contributed by atoms with Crippen molar-refractivity contribution in [2.75, 3.05) is 5.73 Å². The number of nitrogens with one attached hydrogen (secondary N) is 1. The Hall–Kier alpha value is -0.100. The molecule has 1 aliphatic carbocycles. The van der Waals surface area contributed by atoms with Gasteiger partial charge in [-0.2, -0.15) is 0 Å². The lowest BCUT2D eigenvalue weighted by Crippen LogP contribution is -2.34. The van der Waals surface area contributed by atoms with Gasteiger partial charge in [0.2, 0.25) is 0 Å². The number of benzene rings is 1. The SMILES string of the molecule is [2H]C(NC1CCC(O)CC1)c1cc(Br)cc(Br)c1N. The van der Waals surface area contributed by atoms with Gasteiger partial charge in [0.05, 0.1) is 11.8 Å². The Morgan fingerprint density at radius 2 is 2.00 bits per heavy atom. The van der Waals surface area contributed by atoms with Crippen molar-refractivity contribution in [1.82, 2.24) is 5.32 Å². The smallest absolute Gasteiger partial charge is 0.0541 e. The van der Waals surface area contributed by atoms with Gasteiger partial charge in [-0.05, 0) is 59.3 Å². The minimum Gasteiger partial charge on any atom is -0.398 e. The van der Waals surface area contributed by atoms with Gasteiger partial charge >= 0.3 is 0 Å². The summed E-state index contributed by atoms with van der Waals surface area (Å²) in [6, 6.07) is 4.04. The number of hydrogen-bond acceptors (Lipinski definition) is 3. The van der Waals surface area contributed by atoms with Crippen LogP contribution in [0.1, 0.15) is 32.6 Å². The molecular formula is C13H18Br2N2O. The van der Waals surface area contributed by atoms with Crippen LogP contribution in [0.3, 0.4) is 0 Å². The second-order valence-corrected chi connectivity index (χ2v) is 6.48. The average molecular weight is 379 g/mol. The van der Waals surface area contributed by atoms with E-state index in [1.54, 1.807) is 0 Å². The van der Waals surface area contributed by atoms with Gasteiger partial charge in [0.25, 0.3) is 0 Å². The Labute approximate surface area is 126 Å². The van der Waals surface area contributed by atoms with Crippen LogP contribution in [-0.2, 0) is 6.52 Å². The monoisotopic (exact) mass is 377 g/mol. The highest BCUT2D eigenvalue weighted by molar-refractivity contribution is 9.11. The number of aliphatic hydroxyl groups is 1. The molecule has 0 amide bonds. The summed E-state index contributed by atoms with van der Waals surface area (Å²) < 4.78 is 9.94. The van der Waals surface area contributed by atoms with Gasteiger partial charge in [0.15, 0.2) is 0 Å². The molecule has 0 spiro atoms. The van der Waals surface area contributed by atoms with Crippen molar-refractivity contribution in [3.05, 3.63) is 26.6 Å². The quantitative estimate of drug-likeness (QED) is 0.708. The predicted octanol–water partition coefficient (Wildman–Crippen LogP) is 3.19. The minimum atomic E-state index is -0.547. The highest BCUT2D eigenvalue weighted by Crippen LogP contribution is 2.28. The van der Waals surface area contributed by atoms with Crippen molar-refractivity contribution < 1.29 is 6.48 Å². The summed E-state index contributed by atoms with van der Waals surface area (Å²) in [5, 5.41) is 12.8. The zero-order valence-electron chi connectivity index (χ0n) is 11.0. The van der Waals surface area contributed by atoms with E-state index >= 15 is 0 Å². The Bertz CT molecular complexity index is 451. The van der Waals surface area contributed by atoms with Gasteiger partial charge in [0.1, 0.15) is 0 Å². The number of aliphatic hydroxyl groups excluding tert-OH is 1. The number of halogens is 2. The largest absolute Gasteiger partial charge is 0.398 e. The maximum Gasteiger partial charge on any atom is 0.0541 e. The van der Waals surface area contributed by atoms with Gasteiger partial charge in [-0.1, -0.05) is 15.9 Å². The second-order valence-electron chi connectivity index (χ2n) is 4.71. The van der Waals surface area contributed by atoms with E-state index in [0.29, 0.717) is 5.69 Å². The first-order valence-corrected chi connectivity index (χ1v) is 7.66. The summed E-state index contributed by atoms with van der Waals surface area (Å²) in [5.41, 5.74) is 7.39. The predicted molar refractivity (Wildman–Crippen MR) is 81.4 cm³/mol. The first kappa shape index (κ1) is 12.9. The molecule has 1 aromatic rings. The summed E-state index contributed by atoms with van der Waals surface area (Å²) in [7, 11) is 0. The van der Waals surface area contributed by atoms with Crippen LogP contribution in [0.4, 0.5) is 5.69 Å². The Morgan fingerprint density at radius 1 is 1.33 bits per heavy atom. The van der Waals surface area contributed by atoms with Crippen molar-refractivity contribution in [1.29, 1.82) is 0 Å². The van der Waals surface area contributed by atoms with Crippen LogP contribution < -0.4 is 11.1 Å². The molecule has 3 nitrogen and oxygen atoms in total. The first-order chi connectivity index (χ1) is 8.97. The Morgan fingerprint density at radius 3 is 2.67 bits per heavy atom. The lowest BCUT2D eigenvalue weighted by molar-refractivity contribution is 0.116. The summed E-state index contributed by atoms with van der Waals surface area (Å²) in [5.74, 6) is 0. The molecule has 2 rings (SSSR count). The van der Waals surface area contributed by atoms with Crippen molar-refractivity contribution >= 4 is 37.5 Å². The second kappa shape index (κ2) is 6.37. The molecule has 100 valence electrons. The summed E-state index contributed by atoms with van der Waals surface area (Å²) in [6.45, 7) is -0.547. The van der Waals surface area contributed by atoms with Crippen LogP contribution >= 0.6 is 31.9 Å². The molecule has 1 unspecified atom stereocenters. The molecule has 0 radical (unpaired) electrons. The molecule has 1 fully saturated rings. The average Bonchev–Trinajstić information content (AvgIpc) is 2.36. The maximum absolute atomic E-state index is 9.49. The Balaban J connectivity index is 2.05. The van der Waals surface area contributed by atoms with E-state index in [-0.39, 0.29) is 12.1 Å². The molecule has 1 atom stereocenters. The highest BCUT2D eigenvalue weighted by Gasteiger charge is 2.19. The topological polar surface area (TPSA) is 58.3 Å². The Kier molecular flexibility index (Phi) is 4.57. The van der Waals surface area contributed by atoms with E-state index in [2.05, 4.69) is 37.2 Å². The fraction of sp³-hybridized carbons (Fsp3) is 0.538. The minimum absolute atomic E-state index is 0.174. The molecule has 1 aromatic carbocycles. The first-order valence-electron chi connectivity index (χ1n) is 6.66. The zero-order chi connectivity index (χ0) is 14.0. The number of anilines is 1. The molecule has 0 aliphatic heterocycles. The molecule has 18 heavy (non-hydrogen) atoms.